The molecular formula is C22H12N2O4S. The number of pyridine rings is 1. The molecule has 3 aromatic heterocycles. The third kappa shape index (κ3) is 3.28. The Labute approximate surface area is 168 Å². The van der Waals surface area contributed by atoms with Gasteiger partial charge < -0.3 is 9.15 Å². The third-order valence-corrected chi connectivity index (χ3v) is 5.41. The zero-order valence-electron chi connectivity index (χ0n) is 14.9. The summed E-state index contributed by atoms with van der Waals surface area (Å²) in [7, 11) is 0. The number of ether oxygens (including phenoxy) is 1. The van der Waals surface area contributed by atoms with Crippen LogP contribution in [0.5, 0.6) is 5.75 Å². The van der Waals surface area contributed by atoms with Crippen molar-refractivity contribution in [3.8, 4) is 16.3 Å². The van der Waals surface area contributed by atoms with Gasteiger partial charge in [0.2, 0.25) is 0 Å². The molecule has 140 valence electrons. The number of carbonyl (C=O) groups excluding carboxylic acids is 1. The first-order valence-corrected chi connectivity index (χ1v) is 9.55. The number of aromatic nitrogens is 2. The SMILES string of the molecule is O=C(Oc1ccc2cc(-c3nc4ccccc4s3)c(=O)oc2c1)c1cccnc1. The number of hydrogen-bond donors (Lipinski definition) is 0. The summed E-state index contributed by atoms with van der Waals surface area (Å²) in [6.07, 6.45) is 3.00. The Balaban J connectivity index is 1.51. The van der Waals surface area contributed by atoms with E-state index in [1.54, 1.807) is 36.5 Å². The van der Waals surface area contributed by atoms with Crippen molar-refractivity contribution in [2.24, 2.45) is 0 Å². The summed E-state index contributed by atoms with van der Waals surface area (Å²) in [4.78, 5) is 33.2. The predicted molar refractivity (Wildman–Crippen MR) is 110 cm³/mol. The smallest absolute Gasteiger partial charge is 0.346 e. The summed E-state index contributed by atoms with van der Waals surface area (Å²) < 4.78 is 11.8. The van der Waals surface area contributed by atoms with Crippen molar-refractivity contribution in [3.63, 3.8) is 0 Å². The number of nitrogens with zero attached hydrogens (tertiary/aromatic N) is 2. The van der Waals surface area contributed by atoms with Crippen LogP contribution < -0.4 is 10.4 Å². The van der Waals surface area contributed by atoms with Gasteiger partial charge in [-0.15, -0.1) is 11.3 Å². The van der Waals surface area contributed by atoms with Crippen LogP contribution in [0.1, 0.15) is 10.4 Å². The lowest BCUT2D eigenvalue weighted by Gasteiger charge is -2.05. The summed E-state index contributed by atoms with van der Waals surface area (Å²) in [5.41, 5.74) is 1.41. The van der Waals surface area contributed by atoms with Crippen LogP contribution in [-0.2, 0) is 0 Å². The van der Waals surface area contributed by atoms with E-state index < -0.39 is 11.6 Å². The number of esters is 1. The number of thiazole rings is 1. The van der Waals surface area contributed by atoms with E-state index in [2.05, 4.69) is 9.97 Å². The summed E-state index contributed by atoms with van der Waals surface area (Å²) in [6.45, 7) is 0. The van der Waals surface area contributed by atoms with E-state index in [-0.39, 0.29) is 5.75 Å². The molecule has 3 heterocycles. The lowest BCUT2D eigenvalue weighted by Crippen LogP contribution is -2.08. The molecule has 5 rings (SSSR count). The number of rotatable bonds is 3. The van der Waals surface area contributed by atoms with E-state index in [9.17, 15) is 9.59 Å². The standard InChI is InChI=1S/C22H12N2O4S/c25-21(14-4-3-9-23-12-14)27-15-8-7-13-10-16(22(26)28-18(13)11-15)20-24-17-5-1-2-6-19(17)29-20/h1-12H. The molecular weight excluding hydrogens is 388 g/mol. The van der Waals surface area contributed by atoms with Crippen molar-refractivity contribution in [1.82, 2.24) is 9.97 Å². The molecule has 0 aliphatic heterocycles. The zero-order valence-corrected chi connectivity index (χ0v) is 15.7. The number of fused-ring (bicyclic) bond motifs is 2. The summed E-state index contributed by atoms with van der Waals surface area (Å²) in [5, 5.41) is 1.31. The van der Waals surface area contributed by atoms with Crippen LogP contribution in [-0.4, -0.2) is 15.9 Å². The van der Waals surface area contributed by atoms with Crippen LogP contribution in [0, 0.1) is 0 Å². The maximum atomic E-state index is 12.5. The first-order valence-electron chi connectivity index (χ1n) is 8.73. The van der Waals surface area contributed by atoms with E-state index in [4.69, 9.17) is 9.15 Å². The maximum absolute atomic E-state index is 12.5. The number of hydrogen-bond acceptors (Lipinski definition) is 7. The maximum Gasteiger partial charge on any atom is 0.346 e. The van der Waals surface area contributed by atoms with E-state index in [1.807, 2.05) is 24.3 Å². The predicted octanol–water partition coefficient (Wildman–Crippen LogP) is 4.68. The fourth-order valence-electron chi connectivity index (χ4n) is 2.94. The van der Waals surface area contributed by atoms with Gasteiger partial charge in [-0.05, 0) is 42.5 Å². The highest BCUT2D eigenvalue weighted by atomic mass is 32.1. The molecule has 0 unspecified atom stereocenters. The highest BCUT2D eigenvalue weighted by Gasteiger charge is 2.14. The van der Waals surface area contributed by atoms with Crippen LogP contribution in [0.4, 0.5) is 0 Å². The average Bonchev–Trinajstić information content (AvgIpc) is 3.18. The van der Waals surface area contributed by atoms with Crippen LogP contribution in [0.25, 0.3) is 31.8 Å². The number of para-hydroxylation sites is 1. The molecule has 0 bridgehead atoms. The number of carbonyl (C=O) groups is 1. The Bertz CT molecular complexity index is 1390. The van der Waals surface area contributed by atoms with Crippen LogP contribution in [0.2, 0.25) is 0 Å². The van der Waals surface area contributed by atoms with Gasteiger partial charge in [0.05, 0.1) is 21.3 Å². The molecule has 0 saturated heterocycles. The molecule has 0 radical (unpaired) electrons. The van der Waals surface area contributed by atoms with Crippen LogP contribution >= 0.6 is 11.3 Å². The van der Waals surface area contributed by atoms with Crippen molar-refractivity contribution in [2.75, 3.05) is 0 Å². The minimum Gasteiger partial charge on any atom is -0.423 e. The second-order valence-electron chi connectivity index (χ2n) is 6.27. The van der Waals surface area contributed by atoms with E-state index in [0.717, 1.165) is 10.2 Å². The third-order valence-electron chi connectivity index (χ3n) is 4.34. The Hall–Kier alpha value is -3.84. The quantitative estimate of drug-likeness (QED) is 0.248. The van der Waals surface area contributed by atoms with E-state index in [0.29, 0.717) is 27.1 Å². The molecule has 0 amide bonds. The molecule has 0 saturated carbocycles. The summed E-state index contributed by atoms with van der Waals surface area (Å²) in [5.74, 6) is -0.256. The van der Waals surface area contributed by atoms with Gasteiger partial charge in [-0.1, -0.05) is 12.1 Å². The first-order chi connectivity index (χ1) is 14.2. The minimum absolute atomic E-state index is 0.280. The molecule has 0 atom stereocenters. The molecule has 6 nitrogen and oxygen atoms in total. The Kier molecular flexibility index (Phi) is 4.14. The van der Waals surface area contributed by atoms with Gasteiger partial charge >= 0.3 is 11.6 Å². The second kappa shape index (κ2) is 6.96. The van der Waals surface area contributed by atoms with Gasteiger partial charge in [-0.2, -0.15) is 0 Å². The molecule has 0 spiro atoms. The topological polar surface area (TPSA) is 82.3 Å². The van der Waals surface area contributed by atoms with Gasteiger partial charge in [-0.25, -0.2) is 14.6 Å². The van der Waals surface area contributed by atoms with Gasteiger partial charge in [-0.3, -0.25) is 4.98 Å². The molecule has 0 fully saturated rings. The van der Waals surface area contributed by atoms with Crippen molar-refractivity contribution < 1.29 is 13.9 Å². The van der Waals surface area contributed by atoms with Gasteiger partial charge in [0.15, 0.2) is 0 Å². The van der Waals surface area contributed by atoms with Crippen LogP contribution in [0.15, 0.2) is 82.3 Å². The molecule has 0 aliphatic rings. The van der Waals surface area contributed by atoms with Gasteiger partial charge in [0, 0.05) is 23.8 Å². The van der Waals surface area contributed by atoms with Crippen molar-refractivity contribution in [1.29, 1.82) is 0 Å². The highest BCUT2D eigenvalue weighted by Crippen LogP contribution is 2.30. The number of benzene rings is 2. The minimum atomic E-state index is -0.536. The van der Waals surface area contributed by atoms with Crippen molar-refractivity contribution >= 4 is 38.5 Å². The monoisotopic (exact) mass is 400 g/mol. The lowest BCUT2D eigenvalue weighted by molar-refractivity contribution is 0.0734. The largest absolute Gasteiger partial charge is 0.423 e. The molecule has 29 heavy (non-hydrogen) atoms. The summed E-state index contributed by atoms with van der Waals surface area (Å²) in [6, 6.07) is 17.6. The van der Waals surface area contributed by atoms with E-state index in [1.165, 1.54) is 23.6 Å². The Morgan fingerprint density at radius 3 is 2.76 bits per heavy atom. The molecule has 2 aromatic carbocycles. The second-order valence-corrected chi connectivity index (χ2v) is 7.30. The normalized spacial score (nSPS) is 11.0. The highest BCUT2D eigenvalue weighted by molar-refractivity contribution is 7.21. The average molecular weight is 400 g/mol. The Morgan fingerprint density at radius 1 is 1.03 bits per heavy atom. The Morgan fingerprint density at radius 2 is 1.93 bits per heavy atom. The van der Waals surface area contributed by atoms with Crippen molar-refractivity contribution in [3.05, 3.63) is 89.0 Å². The van der Waals surface area contributed by atoms with Gasteiger partial charge in [0.25, 0.3) is 0 Å². The fourth-order valence-corrected chi connectivity index (χ4v) is 3.91. The van der Waals surface area contributed by atoms with E-state index >= 15 is 0 Å². The van der Waals surface area contributed by atoms with Crippen molar-refractivity contribution in [2.45, 2.75) is 0 Å². The van der Waals surface area contributed by atoms with Gasteiger partial charge in [0.1, 0.15) is 16.3 Å². The zero-order chi connectivity index (χ0) is 19.8. The van der Waals surface area contributed by atoms with Crippen LogP contribution in [0.3, 0.4) is 0 Å². The molecule has 0 aliphatic carbocycles. The first kappa shape index (κ1) is 17.3. The molecule has 7 heteroatoms. The lowest BCUT2D eigenvalue weighted by atomic mass is 10.2. The molecule has 5 aromatic rings. The molecule has 0 N–H and O–H groups in total. The summed E-state index contributed by atoms with van der Waals surface area (Å²) >= 11 is 1.44. The fraction of sp³-hybridized carbons (Fsp3) is 0.